The van der Waals surface area contributed by atoms with Crippen molar-refractivity contribution in [2.45, 2.75) is 52.6 Å². The molecule has 0 fully saturated rings. The number of hydrogen-bond donors (Lipinski definition) is 1. The van der Waals surface area contributed by atoms with Crippen LogP contribution < -0.4 is 5.32 Å². The molecule has 0 radical (unpaired) electrons. The van der Waals surface area contributed by atoms with Gasteiger partial charge in [-0.2, -0.15) is 0 Å². The van der Waals surface area contributed by atoms with E-state index in [-0.39, 0.29) is 19.3 Å². The first kappa shape index (κ1) is 17.5. The van der Waals surface area contributed by atoms with E-state index >= 15 is 0 Å². The lowest BCUT2D eigenvalue weighted by Crippen LogP contribution is -2.32. The fraction of sp³-hybridized carbons (Fsp3) is 0.714. The molecule has 0 unspecified atom stereocenters. The molecule has 0 aromatic heterocycles. The van der Waals surface area contributed by atoms with Crippen LogP contribution >= 0.6 is 0 Å². The van der Waals surface area contributed by atoms with Gasteiger partial charge in [0.05, 0.1) is 6.54 Å². The summed E-state index contributed by atoms with van der Waals surface area (Å²) in [4.78, 5) is 22.6. The Bertz CT molecular complexity index is 296. The summed E-state index contributed by atoms with van der Waals surface area (Å²) in [5.74, 6) is -0.454. The second-order valence-corrected chi connectivity index (χ2v) is 4.45. The van der Waals surface area contributed by atoms with E-state index < -0.39 is 12.1 Å². The highest BCUT2D eigenvalue weighted by molar-refractivity contribution is 5.86. The van der Waals surface area contributed by atoms with E-state index in [1.165, 1.54) is 0 Å². The van der Waals surface area contributed by atoms with Crippen LogP contribution in [0.2, 0.25) is 0 Å². The largest absolute Gasteiger partial charge is 0.460 e. The van der Waals surface area contributed by atoms with Crippen molar-refractivity contribution < 1.29 is 19.1 Å². The lowest BCUT2D eigenvalue weighted by atomic mass is 10.1. The minimum absolute atomic E-state index is 0.0343. The molecule has 0 aliphatic carbocycles. The molecule has 110 valence electrons. The Hall–Kier alpha value is -1.52. The van der Waals surface area contributed by atoms with Crippen molar-refractivity contribution in [3.05, 3.63) is 12.2 Å². The SMILES string of the molecule is C=C(C)C(=O)OCCNC(=O)OC(CCC)CCC. The number of ether oxygens (including phenoxy) is 2. The van der Waals surface area contributed by atoms with Gasteiger partial charge in [-0.3, -0.25) is 0 Å². The number of carbonyl (C=O) groups excluding carboxylic acids is 2. The molecule has 0 saturated carbocycles. The van der Waals surface area contributed by atoms with Gasteiger partial charge in [-0.05, 0) is 19.8 Å². The number of rotatable bonds is 9. The smallest absolute Gasteiger partial charge is 0.407 e. The van der Waals surface area contributed by atoms with Crippen LogP contribution in [0.25, 0.3) is 0 Å². The molecule has 0 spiro atoms. The molecule has 5 heteroatoms. The van der Waals surface area contributed by atoms with Gasteiger partial charge < -0.3 is 14.8 Å². The van der Waals surface area contributed by atoms with Gasteiger partial charge in [-0.25, -0.2) is 9.59 Å². The van der Waals surface area contributed by atoms with Crippen LogP contribution in [0.1, 0.15) is 46.5 Å². The first-order valence-corrected chi connectivity index (χ1v) is 6.78. The first-order chi connectivity index (χ1) is 9.01. The second kappa shape index (κ2) is 10.4. The fourth-order valence-electron chi connectivity index (χ4n) is 1.52. The summed E-state index contributed by atoms with van der Waals surface area (Å²) < 4.78 is 10.1. The first-order valence-electron chi connectivity index (χ1n) is 6.78. The van der Waals surface area contributed by atoms with Crippen molar-refractivity contribution in [1.29, 1.82) is 0 Å². The predicted octanol–water partition coefficient (Wildman–Crippen LogP) is 2.80. The third-order valence-electron chi connectivity index (χ3n) is 2.45. The Balaban J connectivity index is 3.78. The molecule has 19 heavy (non-hydrogen) atoms. The average molecular weight is 271 g/mol. The zero-order chi connectivity index (χ0) is 14.7. The summed E-state index contributed by atoms with van der Waals surface area (Å²) in [6, 6.07) is 0. The van der Waals surface area contributed by atoms with E-state index in [0.29, 0.717) is 5.57 Å². The third kappa shape index (κ3) is 9.11. The van der Waals surface area contributed by atoms with E-state index in [1.807, 2.05) is 0 Å². The molecule has 0 rings (SSSR count). The molecule has 0 atom stereocenters. The molecule has 0 aromatic carbocycles. The molecule has 1 N–H and O–H groups in total. The lowest BCUT2D eigenvalue weighted by molar-refractivity contribution is -0.138. The fourth-order valence-corrected chi connectivity index (χ4v) is 1.52. The van der Waals surface area contributed by atoms with Gasteiger partial charge in [-0.1, -0.05) is 33.3 Å². The van der Waals surface area contributed by atoms with Crippen molar-refractivity contribution in [2.24, 2.45) is 0 Å². The highest BCUT2D eigenvalue weighted by atomic mass is 16.6. The maximum atomic E-state index is 11.5. The molecule has 1 amide bonds. The van der Waals surface area contributed by atoms with Crippen LogP contribution in [-0.4, -0.2) is 31.3 Å². The molecule has 0 saturated heterocycles. The summed E-state index contributed by atoms with van der Waals surface area (Å²) in [7, 11) is 0. The van der Waals surface area contributed by atoms with Crippen LogP contribution in [0, 0.1) is 0 Å². The van der Waals surface area contributed by atoms with E-state index in [9.17, 15) is 9.59 Å². The van der Waals surface area contributed by atoms with Crippen molar-refractivity contribution in [3.63, 3.8) is 0 Å². The number of alkyl carbamates (subject to hydrolysis) is 1. The number of nitrogens with one attached hydrogen (secondary N) is 1. The number of esters is 1. The second-order valence-electron chi connectivity index (χ2n) is 4.45. The van der Waals surface area contributed by atoms with Crippen LogP contribution in [0.15, 0.2) is 12.2 Å². The molecule has 0 aromatic rings. The van der Waals surface area contributed by atoms with Crippen LogP contribution in [0.3, 0.4) is 0 Å². The summed E-state index contributed by atoms with van der Waals surface area (Å²) in [6.07, 6.45) is 3.20. The van der Waals surface area contributed by atoms with Gasteiger partial charge in [0.25, 0.3) is 0 Å². The Morgan fingerprint density at radius 3 is 2.26 bits per heavy atom. The van der Waals surface area contributed by atoms with E-state index in [2.05, 4.69) is 25.7 Å². The molecular formula is C14H25NO4. The van der Waals surface area contributed by atoms with Crippen LogP contribution in [-0.2, 0) is 14.3 Å². The van der Waals surface area contributed by atoms with Crippen molar-refractivity contribution in [2.75, 3.05) is 13.2 Å². The number of carbonyl (C=O) groups is 2. The molecular weight excluding hydrogens is 246 g/mol. The summed E-state index contributed by atoms with van der Waals surface area (Å²) in [5, 5.41) is 2.56. The Kier molecular flexibility index (Phi) is 9.57. The average Bonchev–Trinajstić information content (AvgIpc) is 2.34. The quantitative estimate of drug-likeness (QED) is 0.398. The van der Waals surface area contributed by atoms with Crippen molar-refractivity contribution in [3.8, 4) is 0 Å². The minimum Gasteiger partial charge on any atom is -0.460 e. The highest BCUT2D eigenvalue weighted by Crippen LogP contribution is 2.09. The van der Waals surface area contributed by atoms with Gasteiger partial charge >= 0.3 is 12.1 Å². The van der Waals surface area contributed by atoms with Gasteiger partial charge in [0, 0.05) is 5.57 Å². The molecule has 0 aliphatic rings. The Labute approximate surface area is 115 Å². The zero-order valence-electron chi connectivity index (χ0n) is 12.2. The Morgan fingerprint density at radius 1 is 1.21 bits per heavy atom. The monoisotopic (exact) mass is 271 g/mol. The number of hydrogen-bond acceptors (Lipinski definition) is 4. The van der Waals surface area contributed by atoms with E-state index in [4.69, 9.17) is 9.47 Å². The lowest BCUT2D eigenvalue weighted by Gasteiger charge is -2.16. The normalized spacial score (nSPS) is 10.1. The van der Waals surface area contributed by atoms with Crippen LogP contribution in [0.4, 0.5) is 4.79 Å². The van der Waals surface area contributed by atoms with Crippen molar-refractivity contribution >= 4 is 12.1 Å². The minimum atomic E-state index is -0.460. The van der Waals surface area contributed by atoms with Gasteiger partial charge in [-0.15, -0.1) is 0 Å². The number of amides is 1. The van der Waals surface area contributed by atoms with Crippen LogP contribution in [0.5, 0.6) is 0 Å². The van der Waals surface area contributed by atoms with E-state index in [1.54, 1.807) is 6.92 Å². The third-order valence-corrected chi connectivity index (χ3v) is 2.45. The molecule has 5 nitrogen and oxygen atoms in total. The molecule has 0 bridgehead atoms. The standard InChI is InChI=1S/C14H25NO4/c1-5-7-12(8-6-2)19-14(17)15-9-10-18-13(16)11(3)4/h12H,3,5-10H2,1-2,4H3,(H,15,17). The predicted molar refractivity (Wildman–Crippen MR) is 73.9 cm³/mol. The zero-order valence-corrected chi connectivity index (χ0v) is 12.2. The van der Waals surface area contributed by atoms with Gasteiger partial charge in [0.1, 0.15) is 12.7 Å². The maximum absolute atomic E-state index is 11.5. The maximum Gasteiger partial charge on any atom is 0.407 e. The highest BCUT2D eigenvalue weighted by Gasteiger charge is 2.12. The Morgan fingerprint density at radius 2 is 1.79 bits per heavy atom. The van der Waals surface area contributed by atoms with E-state index in [0.717, 1.165) is 25.7 Å². The molecule has 0 aliphatic heterocycles. The topological polar surface area (TPSA) is 64.6 Å². The summed E-state index contributed by atoms with van der Waals surface area (Å²) in [5.41, 5.74) is 0.341. The molecule has 0 heterocycles. The summed E-state index contributed by atoms with van der Waals surface area (Å²) in [6.45, 7) is 9.51. The van der Waals surface area contributed by atoms with Crippen molar-refractivity contribution in [1.82, 2.24) is 5.32 Å². The van der Waals surface area contributed by atoms with Gasteiger partial charge in [0.2, 0.25) is 0 Å². The van der Waals surface area contributed by atoms with Gasteiger partial charge in [0.15, 0.2) is 0 Å². The summed E-state index contributed by atoms with van der Waals surface area (Å²) >= 11 is 0.